The van der Waals surface area contributed by atoms with E-state index in [1.54, 1.807) is 13.2 Å². The first-order valence-electron chi connectivity index (χ1n) is 16.4. The zero-order valence-electron chi connectivity index (χ0n) is 28.1. The molecule has 0 bridgehead atoms. The maximum absolute atomic E-state index is 13.2. The standard InChI is InChI=1S/C35H50O10/c1-19(37)41-23-16-21(34(39,18-36)32(7)14-10-12-30(3,4)25(23)32)28-44-29-35(45-28)22(27(40-9)43-29)17-24(42-20(2)38)26-31(5,6)13-11-15-33(26,35)8/h16-18,23-29,39H,10-15H2,1-9H3/t23-,24-,25?,26?,27+,28+,29+,32+,33+,34-,35+/m1/s1. The predicted molar refractivity (Wildman–Crippen MR) is 161 cm³/mol. The monoisotopic (exact) mass is 630 g/mol. The summed E-state index contributed by atoms with van der Waals surface area (Å²) in [4.78, 5) is 38.0. The van der Waals surface area contributed by atoms with Gasteiger partial charge in [0.05, 0.1) is 0 Å². The first kappa shape index (κ1) is 32.8. The Labute approximate surface area is 266 Å². The number of methoxy groups -OCH3 is 1. The van der Waals surface area contributed by atoms with Crippen LogP contribution in [0, 0.1) is 33.5 Å². The van der Waals surface area contributed by atoms with E-state index >= 15 is 0 Å². The van der Waals surface area contributed by atoms with Crippen LogP contribution in [0.25, 0.3) is 0 Å². The fourth-order valence-electron chi connectivity index (χ4n) is 11.1. The predicted octanol–water partition coefficient (Wildman–Crippen LogP) is 4.77. The molecule has 0 radical (unpaired) electrons. The van der Waals surface area contributed by atoms with Crippen LogP contribution in [0.1, 0.15) is 93.9 Å². The second-order valence-electron chi connectivity index (χ2n) is 16.1. The molecule has 0 amide bonds. The lowest BCUT2D eigenvalue weighted by Crippen LogP contribution is -2.66. The Kier molecular flexibility index (Phi) is 7.62. The first-order chi connectivity index (χ1) is 20.9. The second kappa shape index (κ2) is 10.4. The molecule has 10 heteroatoms. The number of aldehydes is 1. The van der Waals surface area contributed by atoms with Gasteiger partial charge in [-0.15, -0.1) is 0 Å². The molecule has 2 saturated heterocycles. The van der Waals surface area contributed by atoms with Crippen molar-refractivity contribution in [3.63, 3.8) is 0 Å². The van der Waals surface area contributed by atoms with E-state index in [-0.39, 0.29) is 34.2 Å². The van der Waals surface area contributed by atoms with Crippen LogP contribution in [0.5, 0.6) is 0 Å². The molecule has 10 nitrogen and oxygen atoms in total. The normalized spacial score (nSPS) is 47.6. The minimum atomic E-state index is -1.96. The highest BCUT2D eigenvalue weighted by molar-refractivity contribution is 5.73. The Morgan fingerprint density at radius 3 is 1.84 bits per heavy atom. The van der Waals surface area contributed by atoms with E-state index < -0.39 is 59.1 Å². The number of aliphatic hydroxyl groups is 1. The average Bonchev–Trinajstić information content (AvgIpc) is 3.43. The van der Waals surface area contributed by atoms with Gasteiger partial charge in [0.2, 0.25) is 0 Å². The Morgan fingerprint density at radius 2 is 1.33 bits per heavy atom. The third kappa shape index (κ3) is 4.34. The van der Waals surface area contributed by atoms with Gasteiger partial charge in [-0.25, -0.2) is 0 Å². The van der Waals surface area contributed by atoms with Crippen molar-refractivity contribution >= 4 is 18.2 Å². The van der Waals surface area contributed by atoms with E-state index in [0.717, 1.165) is 32.1 Å². The van der Waals surface area contributed by atoms with Crippen molar-refractivity contribution < 1.29 is 47.9 Å². The topological polar surface area (TPSA) is 127 Å². The maximum atomic E-state index is 13.2. The minimum absolute atomic E-state index is 0.157. The number of carbonyl (C=O) groups is 3. The molecule has 2 saturated carbocycles. The SMILES string of the molecule is CO[C@H]1O[C@H]2O[C@H](C3=C[C@@H](OC(C)=O)C4C(C)(C)CCC[C@]4(C)[C@@]3(O)C=O)O[C@@]23C1=C[C@@H](OC(C)=O)C1C(C)(C)CCC[C@@]13C. The third-order valence-electron chi connectivity index (χ3n) is 12.6. The molecule has 250 valence electrons. The van der Waals surface area contributed by atoms with E-state index in [2.05, 4.69) is 34.6 Å². The lowest BCUT2D eigenvalue weighted by molar-refractivity contribution is -0.214. The summed E-state index contributed by atoms with van der Waals surface area (Å²) in [5.74, 6) is -1.30. The van der Waals surface area contributed by atoms with Gasteiger partial charge in [-0.05, 0) is 48.7 Å². The van der Waals surface area contributed by atoms with E-state index in [4.69, 9.17) is 28.4 Å². The number of hydrogen-bond acceptors (Lipinski definition) is 10. The van der Waals surface area contributed by atoms with Crippen LogP contribution in [0.2, 0.25) is 0 Å². The lowest BCUT2D eigenvalue weighted by atomic mass is 9.46. The molecule has 0 aromatic rings. The zero-order chi connectivity index (χ0) is 33.0. The number of esters is 2. The van der Waals surface area contributed by atoms with E-state index in [1.807, 2.05) is 13.0 Å². The molecule has 6 aliphatic rings. The van der Waals surface area contributed by atoms with Gasteiger partial charge in [0.1, 0.15) is 12.2 Å². The summed E-state index contributed by atoms with van der Waals surface area (Å²) < 4.78 is 37.9. The maximum Gasteiger partial charge on any atom is 0.303 e. The van der Waals surface area contributed by atoms with E-state index in [9.17, 15) is 19.5 Å². The fraction of sp³-hybridized carbons (Fsp3) is 0.800. The molecule has 2 heterocycles. The highest BCUT2D eigenvalue weighted by Gasteiger charge is 2.77. The average molecular weight is 631 g/mol. The van der Waals surface area contributed by atoms with Crippen LogP contribution in [-0.4, -0.2) is 72.7 Å². The van der Waals surface area contributed by atoms with Crippen LogP contribution in [-0.2, 0) is 42.8 Å². The van der Waals surface area contributed by atoms with Gasteiger partial charge in [-0.3, -0.25) is 14.4 Å². The van der Waals surface area contributed by atoms with Crippen LogP contribution < -0.4 is 0 Å². The highest BCUT2D eigenvalue weighted by atomic mass is 16.9. The van der Waals surface area contributed by atoms with Crippen molar-refractivity contribution in [1.82, 2.24) is 0 Å². The lowest BCUT2D eigenvalue weighted by Gasteiger charge is -2.61. The van der Waals surface area contributed by atoms with Crippen LogP contribution in [0.15, 0.2) is 23.3 Å². The molecule has 2 aliphatic heterocycles. The summed E-state index contributed by atoms with van der Waals surface area (Å²) in [7, 11) is 1.54. The Balaban J connectivity index is 1.52. The first-order valence-corrected chi connectivity index (χ1v) is 16.4. The van der Waals surface area contributed by atoms with Gasteiger partial charge < -0.3 is 33.5 Å². The van der Waals surface area contributed by atoms with Gasteiger partial charge in [-0.1, -0.05) is 54.4 Å². The molecule has 45 heavy (non-hydrogen) atoms. The van der Waals surface area contributed by atoms with Crippen molar-refractivity contribution in [2.45, 2.75) is 136 Å². The molecule has 11 atom stereocenters. The van der Waals surface area contributed by atoms with Crippen LogP contribution >= 0.6 is 0 Å². The summed E-state index contributed by atoms with van der Waals surface area (Å²) in [6, 6.07) is 0. The number of fused-ring (bicyclic) bond motifs is 2. The third-order valence-corrected chi connectivity index (χ3v) is 12.6. The summed E-state index contributed by atoms with van der Waals surface area (Å²) in [5.41, 5.74) is -4.40. The Morgan fingerprint density at radius 1 is 0.822 bits per heavy atom. The number of ether oxygens (including phenoxy) is 6. The van der Waals surface area contributed by atoms with Crippen molar-refractivity contribution in [3.05, 3.63) is 23.3 Å². The number of carbonyl (C=O) groups excluding carboxylic acids is 3. The molecule has 0 aromatic heterocycles. The van der Waals surface area contributed by atoms with Crippen molar-refractivity contribution in [2.24, 2.45) is 33.5 Å². The number of rotatable bonds is 5. The second-order valence-corrected chi connectivity index (χ2v) is 16.1. The van der Waals surface area contributed by atoms with Gasteiger partial charge in [0, 0.05) is 54.8 Å². The van der Waals surface area contributed by atoms with Gasteiger partial charge in [0.15, 0.2) is 36.4 Å². The Bertz CT molecular complexity index is 1330. The van der Waals surface area contributed by atoms with Crippen LogP contribution in [0.3, 0.4) is 0 Å². The van der Waals surface area contributed by atoms with Crippen molar-refractivity contribution in [3.8, 4) is 0 Å². The highest BCUT2D eigenvalue weighted by Crippen LogP contribution is 2.70. The largest absolute Gasteiger partial charge is 0.458 e. The summed E-state index contributed by atoms with van der Waals surface area (Å²) in [6.45, 7) is 15.4. The molecule has 4 aliphatic carbocycles. The van der Waals surface area contributed by atoms with Crippen LogP contribution in [0.4, 0.5) is 0 Å². The van der Waals surface area contributed by atoms with Gasteiger partial charge in [0.25, 0.3) is 0 Å². The van der Waals surface area contributed by atoms with Crippen molar-refractivity contribution in [1.29, 1.82) is 0 Å². The molecule has 1 spiro atoms. The van der Waals surface area contributed by atoms with Crippen molar-refractivity contribution in [2.75, 3.05) is 7.11 Å². The fourth-order valence-corrected chi connectivity index (χ4v) is 11.1. The smallest absolute Gasteiger partial charge is 0.303 e. The molecule has 1 N–H and O–H groups in total. The Hall–Kier alpha value is -2.11. The zero-order valence-corrected chi connectivity index (χ0v) is 28.1. The molecule has 0 aromatic carbocycles. The molecule has 6 rings (SSSR count). The molecular weight excluding hydrogens is 580 g/mol. The molecule has 2 unspecified atom stereocenters. The minimum Gasteiger partial charge on any atom is -0.458 e. The molecular formula is C35H50O10. The van der Waals surface area contributed by atoms with E-state index in [1.165, 1.54) is 13.8 Å². The summed E-state index contributed by atoms with van der Waals surface area (Å²) >= 11 is 0. The molecule has 4 fully saturated rings. The van der Waals surface area contributed by atoms with Gasteiger partial charge >= 0.3 is 11.9 Å². The quantitative estimate of drug-likeness (QED) is 0.258. The summed E-state index contributed by atoms with van der Waals surface area (Å²) in [5, 5.41) is 12.5. The number of hydrogen-bond donors (Lipinski definition) is 1. The van der Waals surface area contributed by atoms with E-state index in [0.29, 0.717) is 18.3 Å². The van der Waals surface area contributed by atoms with Gasteiger partial charge in [-0.2, -0.15) is 0 Å². The summed E-state index contributed by atoms with van der Waals surface area (Å²) in [6.07, 6.45) is 4.83.